The van der Waals surface area contributed by atoms with Crippen molar-refractivity contribution < 1.29 is 9.53 Å². The van der Waals surface area contributed by atoms with Crippen LogP contribution < -0.4 is 10.6 Å². The lowest BCUT2D eigenvalue weighted by Gasteiger charge is -2.15. The maximum Gasteiger partial charge on any atom is 0.348 e. The fourth-order valence-corrected chi connectivity index (χ4v) is 3.01. The predicted molar refractivity (Wildman–Crippen MR) is 69.8 cm³/mol. The molecule has 1 aliphatic rings. The largest absolute Gasteiger partial charge is 0.462 e. The molecule has 1 fully saturated rings. The van der Waals surface area contributed by atoms with Crippen molar-refractivity contribution in [1.82, 2.24) is 0 Å². The van der Waals surface area contributed by atoms with Gasteiger partial charge in [0.25, 0.3) is 0 Å². The Kier molecular flexibility index (Phi) is 3.84. The molecule has 1 aliphatic heterocycles. The Balaban J connectivity index is 2.25. The van der Waals surface area contributed by atoms with E-state index in [4.69, 9.17) is 15.7 Å². The maximum atomic E-state index is 11.6. The highest BCUT2D eigenvalue weighted by Crippen LogP contribution is 2.33. The Hall–Kier alpha value is -1.58. The van der Waals surface area contributed by atoms with Gasteiger partial charge in [-0.3, -0.25) is 0 Å². The van der Waals surface area contributed by atoms with Crippen LogP contribution in [0.3, 0.4) is 0 Å². The van der Waals surface area contributed by atoms with Crippen LogP contribution in [0, 0.1) is 11.3 Å². The van der Waals surface area contributed by atoms with Gasteiger partial charge in [-0.1, -0.05) is 0 Å². The van der Waals surface area contributed by atoms with Gasteiger partial charge in [0, 0.05) is 19.1 Å². The van der Waals surface area contributed by atoms with Crippen LogP contribution in [0.2, 0.25) is 0 Å². The second-order valence-electron chi connectivity index (χ2n) is 4.16. The van der Waals surface area contributed by atoms with E-state index in [2.05, 4.69) is 11.0 Å². The lowest BCUT2D eigenvalue weighted by atomic mass is 10.3. The summed E-state index contributed by atoms with van der Waals surface area (Å²) in [6.07, 6.45) is 0.914. The average molecular weight is 265 g/mol. The van der Waals surface area contributed by atoms with E-state index in [0.717, 1.165) is 24.5 Å². The molecule has 1 aromatic heterocycles. The first-order valence-corrected chi connectivity index (χ1v) is 6.69. The Bertz CT molecular complexity index is 492. The Labute approximate surface area is 110 Å². The number of nitrogens with two attached hydrogens (primary N) is 1. The molecule has 0 bridgehead atoms. The van der Waals surface area contributed by atoms with Crippen molar-refractivity contribution in [2.75, 3.05) is 24.6 Å². The van der Waals surface area contributed by atoms with E-state index in [-0.39, 0.29) is 12.0 Å². The second-order valence-corrected chi connectivity index (χ2v) is 5.19. The minimum absolute atomic E-state index is 0.143. The highest BCUT2D eigenvalue weighted by molar-refractivity contribution is 7.18. The third kappa shape index (κ3) is 2.47. The summed E-state index contributed by atoms with van der Waals surface area (Å²) in [5.41, 5.74) is 6.38. The second kappa shape index (κ2) is 5.38. The van der Waals surface area contributed by atoms with Gasteiger partial charge in [0.1, 0.15) is 15.9 Å². The molecule has 5 nitrogen and oxygen atoms in total. The highest BCUT2D eigenvalue weighted by atomic mass is 32.1. The molecule has 96 valence electrons. The summed E-state index contributed by atoms with van der Waals surface area (Å²) in [5.74, 6) is -0.367. The minimum atomic E-state index is -0.367. The molecule has 0 amide bonds. The van der Waals surface area contributed by atoms with Gasteiger partial charge in [-0.05, 0) is 19.4 Å². The van der Waals surface area contributed by atoms with Gasteiger partial charge >= 0.3 is 5.97 Å². The molecule has 1 aromatic rings. The monoisotopic (exact) mass is 265 g/mol. The van der Waals surface area contributed by atoms with Gasteiger partial charge in [0.15, 0.2) is 0 Å². The average Bonchev–Trinajstić information content (AvgIpc) is 2.94. The molecule has 2 rings (SSSR count). The molecule has 2 N–H and O–H groups in total. The minimum Gasteiger partial charge on any atom is -0.462 e. The quantitative estimate of drug-likeness (QED) is 0.834. The molecule has 0 aliphatic carbocycles. The first kappa shape index (κ1) is 12.9. The topological polar surface area (TPSA) is 79.4 Å². The molecule has 0 radical (unpaired) electrons. The number of hydrogen-bond donors (Lipinski definition) is 1. The van der Waals surface area contributed by atoms with Gasteiger partial charge in [-0.2, -0.15) is 5.26 Å². The van der Waals surface area contributed by atoms with Gasteiger partial charge in [-0.15, -0.1) is 11.3 Å². The summed E-state index contributed by atoms with van der Waals surface area (Å²) < 4.78 is 4.94. The molecule has 6 heteroatoms. The smallest absolute Gasteiger partial charge is 0.348 e. The van der Waals surface area contributed by atoms with Crippen molar-refractivity contribution in [3.05, 3.63) is 16.5 Å². The fraction of sp³-hybridized carbons (Fsp3) is 0.500. The number of thiophene rings is 1. The summed E-state index contributed by atoms with van der Waals surface area (Å²) in [5, 5.41) is 9.94. The lowest BCUT2D eigenvalue weighted by molar-refractivity contribution is 0.0532. The van der Waals surface area contributed by atoms with Gasteiger partial charge < -0.3 is 15.4 Å². The molecule has 1 atom stereocenters. The van der Waals surface area contributed by atoms with Crippen molar-refractivity contribution in [1.29, 1.82) is 5.26 Å². The normalized spacial score (nSPS) is 18.7. The summed E-state index contributed by atoms with van der Waals surface area (Å²) in [4.78, 5) is 14.2. The standard InChI is InChI=1S/C12H15N3O2S/c1-2-17-12(16)10-5-8(6-13)11(18-10)15-4-3-9(14)7-15/h5,9H,2-4,7,14H2,1H3. The van der Waals surface area contributed by atoms with Gasteiger partial charge in [-0.25, -0.2) is 4.79 Å². The number of carbonyl (C=O) groups excluding carboxylic acids is 1. The van der Waals surface area contributed by atoms with Gasteiger partial charge in [0.05, 0.1) is 12.2 Å². The molecule has 0 aromatic carbocycles. The first-order chi connectivity index (χ1) is 8.65. The van der Waals surface area contributed by atoms with Crippen LogP contribution in [-0.4, -0.2) is 31.7 Å². The van der Waals surface area contributed by atoms with E-state index < -0.39 is 0 Å². The zero-order chi connectivity index (χ0) is 13.1. The number of carbonyl (C=O) groups is 1. The predicted octanol–water partition coefficient (Wildman–Crippen LogP) is 1.33. The molecule has 0 saturated carbocycles. The number of nitriles is 1. The van der Waals surface area contributed by atoms with Gasteiger partial charge in [0.2, 0.25) is 0 Å². The van der Waals surface area contributed by atoms with E-state index in [9.17, 15) is 4.79 Å². The number of ether oxygens (including phenoxy) is 1. The number of esters is 1. The number of hydrogen-bond acceptors (Lipinski definition) is 6. The van der Waals surface area contributed by atoms with Crippen molar-refractivity contribution in [3.8, 4) is 6.07 Å². The fourth-order valence-electron chi connectivity index (χ4n) is 1.97. The number of nitrogens with zero attached hydrogens (tertiary/aromatic N) is 2. The first-order valence-electron chi connectivity index (χ1n) is 5.87. The van der Waals surface area contributed by atoms with Crippen LogP contribution in [0.1, 0.15) is 28.6 Å². The van der Waals surface area contributed by atoms with Crippen molar-refractivity contribution >= 4 is 22.3 Å². The van der Waals surface area contributed by atoms with Crippen LogP contribution >= 0.6 is 11.3 Å². The van der Waals surface area contributed by atoms with Crippen molar-refractivity contribution in [2.24, 2.45) is 5.73 Å². The maximum absolute atomic E-state index is 11.6. The summed E-state index contributed by atoms with van der Waals surface area (Å²) in [6.45, 7) is 3.66. The van der Waals surface area contributed by atoms with Crippen LogP contribution in [0.15, 0.2) is 6.07 Å². The van der Waals surface area contributed by atoms with Crippen molar-refractivity contribution in [3.63, 3.8) is 0 Å². The lowest BCUT2D eigenvalue weighted by Crippen LogP contribution is -2.26. The van der Waals surface area contributed by atoms with Crippen LogP contribution in [0.25, 0.3) is 0 Å². The molecule has 18 heavy (non-hydrogen) atoms. The SMILES string of the molecule is CCOC(=O)c1cc(C#N)c(N2CCC(N)C2)s1. The van der Waals surface area contributed by atoms with E-state index >= 15 is 0 Å². The summed E-state index contributed by atoms with van der Waals surface area (Å²) in [7, 11) is 0. The summed E-state index contributed by atoms with van der Waals surface area (Å²) in [6, 6.07) is 3.87. The molecule has 1 saturated heterocycles. The van der Waals surface area contributed by atoms with E-state index in [1.807, 2.05) is 0 Å². The number of rotatable bonds is 3. The van der Waals surface area contributed by atoms with Crippen molar-refractivity contribution in [2.45, 2.75) is 19.4 Å². The Morgan fingerprint density at radius 2 is 2.56 bits per heavy atom. The van der Waals surface area contributed by atoms with Crippen LogP contribution in [0.5, 0.6) is 0 Å². The molecular weight excluding hydrogens is 250 g/mol. The van der Waals surface area contributed by atoms with E-state index in [1.54, 1.807) is 13.0 Å². The third-order valence-electron chi connectivity index (χ3n) is 2.82. The Morgan fingerprint density at radius 3 is 3.11 bits per heavy atom. The zero-order valence-electron chi connectivity index (χ0n) is 10.2. The Morgan fingerprint density at radius 1 is 1.78 bits per heavy atom. The summed E-state index contributed by atoms with van der Waals surface area (Å²) >= 11 is 1.30. The number of anilines is 1. The highest BCUT2D eigenvalue weighted by Gasteiger charge is 2.25. The molecule has 0 spiro atoms. The van der Waals surface area contributed by atoms with E-state index in [0.29, 0.717) is 17.0 Å². The molecule has 2 heterocycles. The van der Waals surface area contributed by atoms with E-state index in [1.165, 1.54) is 11.3 Å². The molecular formula is C12H15N3O2S. The van der Waals surface area contributed by atoms with Crippen LogP contribution in [0.4, 0.5) is 5.00 Å². The molecule has 1 unspecified atom stereocenters. The zero-order valence-corrected chi connectivity index (χ0v) is 11.0. The third-order valence-corrected chi connectivity index (χ3v) is 4.00. The van der Waals surface area contributed by atoms with Crippen LogP contribution in [-0.2, 0) is 4.74 Å².